The normalized spacial score (nSPS) is 12.6. The number of hydrogen-bond donors (Lipinski definition) is 2. The predicted octanol–water partition coefficient (Wildman–Crippen LogP) is 5.94. The highest BCUT2D eigenvalue weighted by Gasteiger charge is 2.24. The largest absolute Gasteiger partial charge is 0.507 e. The van der Waals surface area contributed by atoms with E-state index in [0.717, 1.165) is 22.5 Å². The van der Waals surface area contributed by atoms with Crippen LogP contribution in [-0.2, 0) is 10.8 Å². The Hall–Kier alpha value is -1.86. The summed E-state index contributed by atoms with van der Waals surface area (Å²) in [4.78, 5) is 4.59. The fourth-order valence-electron chi connectivity index (χ4n) is 2.61. The van der Waals surface area contributed by atoms with Crippen molar-refractivity contribution in [2.75, 3.05) is 5.09 Å². The van der Waals surface area contributed by atoms with Gasteiger partial charge in [-0.15, -0.1) is 0 Å². The monoisotopic (exact) mass is 356 g/mol. The van der Waals surface area contributed by atoms with E-state index in [1.165, 1.54) is 5.56 Å². The van der Waals surface area contributed by atoms with E-state index in [1.54, 1.807) is 6.21 Å². The van der Waals surface area contributed by atoms with Gasteiger partial charge >= 0.3 is 0 Å². The molecule has 0 fully saturated rings. The lowest BCUT2D eigenvalue weighted by atomic mass is 9.79. The van der Waals surface area contributed by atoms with E-state index in [-0.39, 0.29) is 10.8 Å². The Balaban J connectivity index is 2.58. The van der Waals surface area contributed by atoms with Crippen LogP contribution in [0.2, 0.25) is 0 Å². The number of para-hydroxylation sites is 2. The summed E-state index contributed by atoms with van der Waals surface area (Å²) in [5, 5.41) is 13.9. The molecule has 2 rings (SSSR count). The van der Waals surface area contributed by atoms with Gasteiger partial charge in [0.2, 0.25) is 0 Å². The van der Waals surface area contributed by atoms with E-state index in [0.29, 0.717) is 5.75 Å². The zero-order valence-corrected chi connectivity index (χ0v) is 17.2. The molecule has 0 aliphatic carbocycles. The average molecular weight is 356 g/mol. The second-order valence-electron chi connectivity index (χ2n) is 8.38. The summed E-state index contributed by atoms with van der Waals surface area (Å²) in [5.41, 5.74) is 4.48. The molecule has 0 aliphatic rings. The minimum Gasteiger partial charge on any atom is -0.507 e. The summed E-state index contributed by atoms with van der Waals surface area (Å²) < 4.78 is 0. The molecule has 3 nitrogen and oxygen atoms in total. The van der Waals surface area contributed by atoms with Crippen LogP contribution in [0, 0.1) is 0 Å². The van der Waals surface area contributed by atoms with E-state index < -0.39 is 0 Å². The van der Waals surface area contributed by atoms with Gasteiger partial charge in [-0.2, -0.15) is 0 Å². The van der Waals surface area contributed by atoms with Crippen molar-refractivity contribution in [2.45, 2.75) is 52.4 Å². The third-order valence-corrected chi connectivity index (χ3v) is 4.53. The van der Waals surface area contributed by atoms with Crippen LogP contribution in [0.25, 0.3) is 0 Å². The summed E-state index contributed by atoms with van der Waals surface area (Å²) in [6, 6.07) is 12.0. The van der Waals surface area contributed by atoms with E-state index in [2.05, 4.69) is 67.1 Å². The molecule has 2 aromatic carbocycles. The van der Waals surface area contributed by atoms with Crippen LogP contribution in [-0.4, -0.2) is 11.3 Å². The molecule has 0 spiro atoms. The van der Waals surface area contributed by atoms with Gasteiger partial charge in [0, 0.05) is 17.3 Å². The highest BCUT2D eigenvalue weighted by atomic mass is 31.0. The van der Waals surface area contributed by atoms with Crippen LogP contribution in [0.3, 0.4) is 0 Å². The SMILES string of the molecule is CC(C)(C)c1cc(C=Nc2ccccc2NP)c(O)c(C(C)(C)C)c1. The first kappa shape index (κ1) is 19.5. The van der Waals surface area contributed by atoms with Gasteiger partial charge in [0.1, 0.15) is 5.75 Å². The molecular weight excluding hydrogens is 327 g/mol. The maximum Gasteiger partial charge on any atom is 0.128 e. The summed E-state index contributed by atoms with van der Waals surface area (Å²) in [6.45, 7) is 12.9. The smallest absolute Gasteiger partial charge is 0.128 e. The number of phenolic OH excluding ortho intramolecular Hbond substituents is 1. The van der Waals surface area contributed by atoms with Crippen molar-refractivity contribution >= 4 is 27.0 Å². The van der Waals surface area contributed by atoms with Crippen LogP contribution in [0.1, 0.15) is 58.2 Å². The van der Waals surface area contributed by atoms with E-state index >= 15 is 0 Å². The number of phenols is 1. The highest BCUT2D eigenvalue weighted by Crippen LogP contribution is 2.37. The fraction of sp³-hybridized carbons (Fsp3) is 0.381. The molecule has 0 amide bonds. The average Bonchev–Trinajstić information content (AvgIpc) is 2.51. The topological polar surface area (TPSA) is 44.6 Å². The van der Waals surface area contributed by atoms with Crippen LogP contribution >= 0.6 is 9.39 Å². The molecular formula is C21H29N2OP. The maximum atomic E-state index is 10.8. The van der Waals surface area contributed by atoms with Crippen molar-refractivity contribution in [1.29, 1.82) is 0 Å². The summed E-state index contributed by atoms with van der Waals surface area (Å²) >= 11 is 0. The third-order valence-electron chi connectivity index (χ3n) is 4.22. The van der Waals surface area contributed by atoms with Gasteiger partial charge in [0.25, 0.3) is 0 Å². The molecule has 1 atom stereocenters. The number of benzene rings is 2. The lowest BCUT2D eigenvalue weighted by Gasteiger charge is -2.27. The zero-order chi connectivity index (χ0) is 18.8. The van der Waals surface area contributed by atoms with Crippen molar-refractivity contribution in [3.63, 3.8) is 0 Å². The van der Waals surface area contributed by atoms with Crippen LogP contribution in [0.5, 0.6) is 5.75 Å². The number of aliphatic imine (C=N–C) groups is 1. The number of nitrogens with one attached hydrogen (secondary N) is 1. The molecule has 0 aromatic heterocycles. The molecule has 2 N–H and O–H groups in total. The van der Waals surface area contributed by atoms with Gasteiger partial charge in [-0.3, -0.25) is 4.99 Å². The third kappa shape index (κ3) is 4.61. The fourth-order valence-corrected chi connectivity index (χ4v) is 2.85. The van der Waals surface area contributed by atoms with Crippen LogP contribution < -0.4 is 5.09 Å². The minimum absolute atomic E-state index is 0.00416. The Labute approximate surface area is 153 Å². The van der Waals surface area contributed by atoms with Gasteiger partial charge in [0.05, 0.1) is 11.4 Å². The molecule has 0 saturated heterocycles. The first-order chi connectivity index (χ1) is 11.5. The van der Waals surface area contributed by atoms with E-state index in [1.807, 2.05) is 30.3 Å². The molecule has 0 saturated carbocycles. The Morgan fingerprint density at radius 3 is 2.20 bits per heavy atom. The lowest BCUT2D eigenvalue weighted by molar-refractivity contribution is 0.444. The molecule has 2 aromatic rings. The zero-order valence-electron chi connectivity index (χ0n) is 16.0. The maximum absolute atomic E-state index is 10.8. The molecule has 134 valence electrons. The Morgan fingerprint density at radius 2 is 1.64 bits per heavy atom. The number of hydrogen-bond acceptors (Lipinski definition) is 3. The lowest BCUT2D eigenvalue weighted by Crippen LogP contribution is -2.17. The summed E-state index contributed by atoms with van der Waals surface area (Å²) in [7, 11) is 2.49. The standard InChI is InChI=1S/C21H29N2OP/c1-20(2,3)15-11-14(19(24)16(12-15)21(4,5)6)13-22-17-9-7-8-10-18(17)23-25/h7-13,23-24H,25H2,1-6H3. The molecule has 0 bridgehead atoms. The van der Waals surface area contributed by atoms with Gasteiger partial charge in [-0.1, -0.05) is 59.7 Å². The number of anilines is 1. The van der Waals surface area contributed by atoms with Crippen molar-refractivity contribution in [3.8, 4) is 5.75 Å². The summed E-state index contributed by atoms with van der Waals surface area (Å²) in [5.74, 6) is 0.306. The molecule has 0 heterocycles. The quantitative estimate of drug-likeness (QED) is 0.528. The van der Waals surface area contributed by atoms with Crippen molar-refractivity contribution < 1.29 is 5.11 Å². The molecule has 0 aliphatic heterocycles. The first-order valence-electron chi connectivity index (χ1n) is 8.51. The van der Waals surface area contributed by atoms with Gasteiger partial charge < -0.3 is 10.2 Å². The van der Waals surface area contributed by atoms with E-state index in [4.69, 9.17) is 0 Å². The highest BCUT2D eigenvalue weighted by molar-refractivity contribution is 7.18. The Morgan fingerprint density at radius 1 is 1.00 bits per heavy atom. The number of aromatic hydroxyl groups is 1. The minimum atomic E-state index is -0.145. The number of rotatable bonds is 3. The first-order valence-corrected chi connectivity index (χ1v) is 9.09. The van der Waals surface area contributed by atoms with Gasteiger partial charge in [0.15, 0.2) is 0 Å². The van der Waals surface area contributed by atoms with Crippen molar-refractivity contribution in [1.82, 2.24) is 0 Å². The predicted molar refractivity (Wildman–Crippen MR) is 113 cm³/mol. The molecule has 4 heteroatoms. The van der Waals surface area contributed by atoms with Gasteiger partial charge in [-0.25, -0.2) is 0 Å². The molecule has 25 heavy (non-hydrogen) atoms. The van der Waals surface area contributed by atoms with Gasteiger partial charge in [-0.05, 0) is 44.0 Å². The molecule has 1 unspecified atom stereocenters. The Bertz CT molecular complexity index is 783. The van der Waals surface area contributed by atoms with E-state index in [9.17, 15) is 5.11 Å². The second-order valence-corrected chi connectivity index (χ2v) is 8.67. The summed E-state index contributed by atoms with van der Waals surface area (Å²) in [6.07, 6.45) is 1.75. The molecule has 0 radical (unpaired) electrons. The van der Waals surface area contributed by atoms with Crippen LogP contribution in [0.15, 0.2) is 41.4 Å². The van der Waals surface area contributed by atoms with Crippen molar-refractivity contribution in [3.05, 3.63) is 53.1 Å². The Kier molecular flexibility index (Phi) is 5.58. The number of nitrogens with zero attached hydrogens (tertiary/aromatic N) is 1. The van der Waals surface area contributed by atoms with Crippen LogP contribution in [0.4, 0.5) is 11.4 Å². The van der Waals surface area contributed by atoms with Crippen molar-refractivity contribution in [2.24, 2.45) is 4.99 Å². The second kappa shape index (κ2) is 7.17.